The van der Waals surface area contributed by atoms with Crippen molar-refractivity contribution >= 4 is 5.91 Å². The molecule has 0 aliphatic carbocycles. The number of amides is 1. The molecule has 0 saturated carbocycles. The fourth-order valence-corrected chi connectivity index (χ4v) is 2.55. The summed E-state index contributed by atoms with van der Waals surface area (Å²) in [5.74, 6) is 1.20. The van der Waals surface area contributed by atoms with E-state index in [4.69, 9.17) is 4.74 Å². The van der Waals surface area contributed by atoms with E-state index in [0.29, 0.717) is 18.1 Å². The molecule has 24 heavy (non-hydrogen) atoms. The van der Waals surface area contributed by atoms with Gasteiger partial charge in [-0.15, -0.1) is 0 Å². The van der Waals surface area contributed by atoms with E-state index >= 15 is 0 Å². The summed E-state index contributed by atoms with van der Waals surface area (Å²) in [6.45, 7) is 11.0. The van der Waals surface area contributed by atoms with Gasteiger partial charge in [-0.2, -0.15) is 0 Å². The first kappa shape index (κ1) is 18.1. The molecule has 0 spiro atoms. The number of hydrogen-bond acceptors (Lipinski definition) is 2. The first-order valence-corrected chi connectivity index (χ1v) is 8.47. The fourth-order valence-electron chi connectivity index (χ4n) is 2.55. The van der Waals surface area contributed by atoms with E-state index in [0.717, 1.165) is 11.3 Å². The van der Waals surface area contributed by atoms with Crippen LogP contribution in [-0.4, -0.2) is 12.5 Å². The quantitative estimate of drug-likeness (QED) is 0.826. The molecule has 1 atom stereocenters. The van der Waals surface area contributed by atoms with Crippen LogP contribution in [0.4, 0.5) is 0 Å². The molecule has 128 valence electrons. The van der Waals surface area contributed by atoms with Crippen molar-refractivity contribution in [2.75, 3.05) is 6.61 Å². The molecule has 1 unspecified atom stereocenters. The summed E-state index contributed by atoms with van der Waals surface area (Å²) in [6, 6.07) is 13.6. The molecule has 0 radical (unpaired) electrons. The van der Waals surface area contributed by atoms with Crippen LogP contribution < -0.4 is 10.1 Å². The Labute approximate surface area is 145 Å². The number of carbonyl (C=O) groups excluding carboxylic acids is 1. The summed E-state index contributed by atoms with van der Waals surface area (Å²) in [6.07, 6.45) is 0. The minimum Gasteiger partial charge on any atom is -0.493 e. The van der Waals surface area contributed by atoms with Crippen LogP contribution >= 0.6 is 0 Å². The molecule has 2 rings (SSSR count). The van der Waals surface area contributed by atoms with Gasteiger partial charge in [0.2, 0.25) is 0 Å². The Morgan fingerprint density at radius 2 is 1.71 bits per heavy atom. The third-order valence-corrected chi connectivity index (χ3v) is 3.95. The predicted octanol–water partition coefficient (Wildman–Crippen LogP) is 4.83. The van der Waals surface area contributed by atoms with Crippen LogP contribution in [0.5, 0.6) is 5.75 Å². The Morgan fingerprint density at radius 3 is 2.33 bits per heavy atom. The van der Waals surface area contributed by atoms with E-state index in [2.05, 4.69) is 51.2 Å². The highest BCUT2D eigenvalue weighted by atomic mass is 16.5. The number of ether oxygens (including phenoxy) is 1. The molecule has 1 N–H and O–H groups in total. The maximum Gasteiger partial charge on any atom is 0.251 e. The van der Waals surface area contributed by atoms with Gasteiger partial charge in [0.15, 0.2) is 0 Å². The minimum absolute atomic E-state index is 0.0331. The van der Waals surface area contributed by atoms with E-state index in [-0.39, 0.29) is 11.9 Å². The van der Waals surface area contributed by atoms with Crippen LogP contribution in [0.25, 0.3) is 0 Å². The van der Waals surface area contributed by atoms with Gasteiger partial charge in [-0.3, -0.25) is 4.79 Å². The van der Waals surface area contributed by atoms with Gasteiger partial charge in [-0.05, 0) is 62.1 Å². The number of carbonyl (C=O) groups is 1. The first-order chi connectivity index (χ1) is 11.4. The second-order valence-corrected chi connectivity index (χ2v) is 6.78. The van der Waals surface area contributed by atoms with Crippen molar-refractivity contribution in [3.63, 3.8) is 0 Å². The van der Waals surface area contributed by atoms with Crippen LogP contribution in [0.3, 0.4) is 0 Å². The highest BCUT2D eigenvalue weighted by molar-refractivity contribution is 5.94. The van der Waals surface area contributed by atoms with Crippen molar-refractivity contribution < 1.29 is 9.53 Å². The lowest BCUT2D eigenvalue weighted by atomic mass is 10.00. The smallest absolute Gasteiger partial charge is 0.251 e. The molecule has 3 heteroatoms. The summed E-state index contributed by atoms with van der Waals surface area (Å²) in [4.78, 5) is 12.5. The van der Waals surface area contributed by atoms with Crippen molar-refractivity contribution in [3.05, 3.63) is 64.7 Å². The Hall–Kier alpha value is -2.29. The van der Waals surface area contributed by atoms with Crippen molar-refractivity contribution in [1.29, 1.82) is 0 Å². The first-order valence-electron chi connectivity index (χ1n) is 8.47. The molecule has 0 bridgehead atoms. The topological polar surface area (TPSA) is 38.3 Å². The second kappa shape index (κ2) is 8.00. The summed E-state index contributed by atoms with van der Waals surface area (Å²) >= 11 is 0. The Balaban J connectivity index is 2.02. The van der Waals surface area contributed by atoms with Crippen molar-refractivity contribution in [1.82, 2.24) is 5.32 Å². The Bertz CT molecular complexity index is 689. The summed E-state index contributed by atoms with van der Waals surface area (Å²) < 4.78 is 5.65. The molecule has 0 heterocycles. The zero-order valence-electron chi connectivity index (χ0n) is 15.2. The Kier molecular flexibility index (Phi) is 6.02. The van der Waals surface area contributed by atoms with Gasteiger partial charge in [0, 0.05) is 5.56 Å². The van der Waals surface area contributed by atoms with Gasteiger partial charge in [0.25, 0.3) is 5.91 Å². The largest absolute Gasteiger partial charge is 0.493 e. The molecule has 2 aromatic carbocycles. The number of benzene rings is 2. The van der Waals surface area contributed by atoms with E-state index in [1.165, 1.54) is 11.1 Å². The van der Waals surface area contributed by atoms with Gasteiger partial charge in [-0.1, -0.05) is 37.6 Å². The van der Waals surface area contributed by atoms with Crippen LogP contribution in [0.2, 0.25) is 0 Å². The maximum absolute atomic E-state index is 12.5. The molecule has 0 aromatic heterocycles. The average Bonchev–Trinajstić information content (AvgIpc) is 2.55. The van der Waals surface area contributed by atoms with Gasteiger partial charge >= 0.3 is 0 Å². The molecular formula is C21H27NO2. The van der Waals surface area contributed by atoms with Crippen LogP contribution in [0.15, 0.2) is 42.5 Å². The summed E-state index contributed by atoms with van der Waals surface area (Å²) in [7, 11) is 0. The molecule has 0 fully saturated rings. The highest BCUT2D eigenvalue weighted by Gasteiger charge is 2.13. The zero-order chi connectivity index (χ0) is 17.7. The van der Waals surface area contributed by atoms with Gasteiger partial charge in [0.1, 0.15) is 5.75 Å². The van der Waals surface area contributed by atoms with E-state index in [9.17, 15) is 4.79 Å². The Morgan fingerprint density at radius 1 is 1.04 bits per heavy atom. The lowest BCUT2D eigenvalue weighted by Crippen LogP contribution is -2.27. The monoisotopic (exact) mass is 325 g/mol. The van der Waals surface area contributed by atoms with E-state index < -0.39 is 0 Å². The van der Waals surface area contributed by atoms with Crippen LogP contribution in [-0.2, 0) is 0 Å². The third kappa shape index (κ3) is 4.85. The van der Waals surface area contributed by atoms with Gasteiger partial charge in [0.05, 0.1) is 12.6 Å². The molecule has 0 aliphatic heterocycles. The third-order valence-electron chi connectivity index (χ3n) is 3.95. The lowest BCUT2D eigenvalue weighted by Gasteiger charge is -2.17. The van der Waals surface area contributed by atoms with Crippen LogP contribution in [0.1, 0.15) is 53.9 Å². The molecule has 2 aromatic rings. The summed E-state index contributed by atoms with van der Waals surface area (Å²) in [5.41, 5.74) is 4.18. The zero-order valence-corrected chi connectivity index (χ0v) is 15.2. The standard InChI is InChI=1S/C21H27NO2/c1-14(2)13-24-19-10-8-18(9-11-19)21(23)22-17(5)20-12-15(3)6-7-16(20)4/h6-12,14,17H,13H2,1-5H3,(H,22,23). The molecular weight excluding hydrogens is 298 g/mol. The SMILES string of the molecule is Cc1ccc(C)c(C(C)NC(=O)c2ccc(OCC(C)C)cc2)c1. The number of hydrogen-bond donors (Lipinski definition) is 1. The summed E-state index contributed by atoms with van der Waals surface area (Å²) in [5, 5.41) is 3.07. The predicted molar refractivity (Wildman–Crippen MR) is 98.6 cm³/mol. The van der Waals surface area contributed by atoms with Crippen LogP contribution in [0, 0.1) is 19.8 Å². The van der Waals surface area contributed by atoms with Crippen molar-refractivity contribution in [3.8, 4) is 5.75 Å². The van der Waals surface area contributed by atoms with E-state index in [1.54, 1.807) is 12.1 Å². The average molecular weight is 325 g/mol. The molecule has 0 saturated heterocycles. The second-order valence-electron chi connectivity index (χ2n) is 6.78. The molecule has 0 aliphatic rings. The lowest BCUT2D eigenvalue weighted by molar-refractivity contribution is 0.0939. The van der Waals surface area contributed by atoms with Gasteiger partial charge < -0.3 is 10.1 Å². The fraction of sp³-hybridized carbons (Fsp3) is 0.381. The van der Waals surface area contributed by atoms with Crippen molar-refractivity contribution in [2.24, 2.45) is 5.92 Å². The van der Waals surface area contributed by atoms with Gasteiger partial charge in [-0.25, -0.2) is 0 Å². The minimum atomic E-state index is -0.0705. The number of nitrogens with one attached hydrogen (secondary N) is 1. The maximum atomic E-state index is 12.5. The number of rotatable bonds is 6. The normalized spacial score (nSPS) is 12.1. The van der Waals surface area contributed by atoms with E-state index in [1.807, 2.05) is 19.1 Å². The highest BCUT2D eigenvalue weighted by Crippen LogP contribution is 2.20. The molecule has 1 amide bonds. The number of aryl methyl sites for hydroxylation is 2. The molecule has 3 nitrogen and oxygen atoms in total. The van der Waals surface area contributed by atoms with Crippen molar-refractivity contribution in [2.45, 2.75) is 40.7 Å².